The molecule has 1 aromatic carbocycles. The second-order valence-electron chi connectivity index (χ2n) is 4.82. The fourth-order valence-corrected chi connectivity index (χ4v) is 3.21. The van der Waals surface area contributed by atoms with E-state index in [0.717, 1.165) is 26.2 Å². The molecule has 1 aliphatic heterocycles. The molecular formula is C15H24N2. The van der Waals surface area contributed by atoms with Gasteiger partial charge in [-0.1, -0.05) is 44.2 Å². The summed E-state index contributed by atoms with van der Waals surface area (Å²) >= 11 is 0. The first-order valence-electron chi connectivity index (χ1n) is 6.85. The van der Waals surface area contributed by atoms with Gasteiger partial charge < -0.3 is 5.32 Å². The van der Waals surface area contributed by atoms with Gasteiger partial charge in [-0.25, -0.2) is 0 Å². The summed E-state index contributed by atoms with van der Waals surface area (Å²) in [7, 11) is 0. The van der Waals surface area contributed by atoms with Gasteiger partial charge in [0.2, 0.25) is 0 Å². The first-order valence-corrected chi connectivity index (χ1v) is 6.85. The molecule has 94 valence electrons. The van der Waals surface area contributed by atoms with Crippen LogP contribution in [0, 0.1) is 0 Å². The summed E-state index contributed by atoms with van der Waals surface area (Å²) in [5.74, 6) is 0. The van der Waals surface area contributed by atoms with Crippen molar-refractivity contribution < 1.29 is 0 Å². The number of nitrogens with one attached hydrogen (secondary N) is 1. The highest BCUT2D eigenvalue weighted by molar-refractivity contribution is 5.25. The summed E-state index contributed by atoms with van der Waals surface area (Å²) in [5.41, 5.74) is 1.75. The summed E-state index contributed by atoms with van der Waals surface area (Å²) in [4.78, 5) is 2.63. The van der Waals surface area contributed by atoms with Crippen LogP contribution in [0.5, 0.6) is 0 Å². The molecule has 0 radical (unpaired) electrons. The van der Waals surface area contributed by atoms with Crippen LogP contribution in [0.4, 0.5) is 0 Å². The highest BCUT2D eigenvalue weighted by Crippen LogP contribution is 2.36. The van der Waals surface area contributed by atoms with Crippen molar-refractivity contribution >= 4 is 0 Å². The van der Waals surface area contributed by atoms with Gasteiger partial charge in [0.25, 0.3) is 0 Å². The maximum absolute atomic E-state index is 3.49. The van der Waals surface area contributed by atoms with Gasteiger partial charge in [-0.2, -0.15) is 0 Å². The zero-order chi connectivity index (χ0) is 12.1. The molecule has 1 N–H and O–H groups in total. The van der Waals surface area contributed by atoms with Crippen LogP contribution in [0.3, 0.4) is 0 Å². The van der Waals surface area contributed by atoms with E-state index in [1.807, 2.05) is 0 Å². The molecule has 2 rings (SSSR count). The van der Waals surface area contributed by atoms with Crippen LogP contribution in [0.2, 0.25) is 0 Å². The molecule has 2 nitrogen and oxygen atoms in total. The number of hydrogen-bond donors (Lipinski definition) is 1. The van der Waals surface area contributed by atoms with E-state index in [1.54, 1.807) is 0 Å². The fourth-order valence-electron chi connectivity index (χ4n) is 3.21. The van der Waals surface area contributed by atoms with Crippen molar-refractivity contribution in [2.45, 2.75) is 32.2 Å². The van der Waals surface area contributed by atoms with Gasteiger partial charge in [0.05, 0.1) is 0 Å². The Hall–Kier alpha value is -0.860. The lowest BCUT2D eigenvalue weighted by Crippen LogP contribution is -2.52. The molecule has 0 bridgehead atoms. The summed E-state index contributed by atoms with van der Waals surface area (Å²) in [6, 6.07) is 11.0. The van der Waals surface area contributed by atoms with E-state index in [-0.39, 0.29) is 5.54 Å². The van der Waals surface area contributed by atoms with Gasteiger partial charge in [-0.15, -0.1) is 0 Å². The molecular weight excluding hydrogens is 208 g/mol. The number of rotatable bonds is 4. The van der Waals surface area contributed by atoms with E-state index < -0.39 is 0 Å². The Morgan fingerprint density at radius 1 is 1.06 bits per heavy atom. The van der Waals surface area contributed by atoms with Crippen LogP contribution in [-0.2, 0) is 5.54 Å². The molecule has 1 heterocycles. The van der Waals surface area contributed by atoms with Gasteiger partial charge in [-0.05, 0) is 44.6 Å². The smallest absolute Gasteiger partial charge is 0.0484 e. The van der Waals surface area contributed by atoms with Crippen LogP contribution in [0.1, 0.15) is 32.3 Å². The molecule has 0 saturated carbocycles. The average molecular weight is 232 g/mol. The van der Waals surface area contributed by atoms with Crippen LogP contribution in [-0.4, -0.2) is 31.1 Å². The molecule has 0 amide bonds. The number of benzene rings is 1. The minimum Gasteiger partial charge on any atom is -0.317 e. The Labute approximate surface area is 105 Å². The van der Waals surface area contributed by atoms with Crippen LogP contribution in [0.25, 0.3) is 0 Å². The molecule has 2 heteroatoms. The molecule has 0 spiro atoms. The lowest BCUT2D eigenvalue weighted by Gasteiger charge is -2.46. The van der Waals surface area contributed by atoms with Crippen molar-refractivity contribution in [3.8, 4) is 0 Å². The SMILES string of the molecule is CCN(CC)C1(c2ccccc2)CCNCC1. The molecule has 1 aromatic rings. The van der Waals surface area contributed by atoms with E-state index in [0.29, 0.717) is 0 Å². The Bertz CT molecular complexity index is 324. The number of nitrogens with zero attached hydrogens (tertiary/aromatic N) is 1. The predicted molar refractivity (Wildman–Crippen MR) is 73.1 cm³/mol. The average Bonchev–Trinajstić information content (AvgIpc) is 2.42. The number of hydrogen-bond acceptors (Lipinski definition) is 2. The highest BCUT2D eigenvalue weighted by Gasteiger charge is 2.37. The maximum atomic E-state index is 3.49. The molecule has 1 fully saturated rings. The van der Waals surface area contributed by atoms with Crippen LogP contribution < -0.4 is 5.32 Å². The summed E-state index contributed by atoms with van der Waals surface area (Å²) in [6.45, 7) is 9.07. The van der Waals surface area contributed by atoms with Crippen molar-refractivity contribution in [1.82, 2.24) is 10.2 Å². The molecule has 0 aliphatic carbocycles. The van der Waals surface area contributed by atoms with Gasteiger partial charge >= 0.3 is 0 Å². The van der Waals surface area contributed by atoms with Crippen molar-refractivity contribution in [1.29, 1.82) is 0 Å². The minimum atomic E-state index is 0.260. The topological polar surface area (TPSA) is 15.3 Å². The van der Waals surface area contributed by atoms with Gasteiger partial charge in [0.1, 0.15) is 0 Å². The standard InChI is InChI=1S/C15H24N2/c1-3-17(4-2)15(10-12-16-13-11-15)14-8-6-5-7-9-14/h5-9,16H,3-4,10-13H2,1-2H3. The normalized spacial score (nSPS) is 19.5. The first-order chi connectivity index (χ1) is 8.33. The lowest BCUT2D eigenvalue weighted by atomic mass is 9.79. The molecule has 0 aromatic heterocycles. The van der Waals surface area contributed by atoms with E-state index in [9.17, 15) is 0 Å². The van der Waals surface area contributed by atoms with Gasteiger partial charge in [-0.3, -0.25) is 4.90 Å². The first kappa shape index (κ1) is 12.6. The predicted octanol–water partition coefficient (Wildman–Crippen LogP) is 2.61. The van der Waals surface area contributed by atoms with Crippen molar-refractivity contribution in [2.75, 3.05) is 26.2 Å². The summed E-state index contributed by atoms with van der Waals surface area (Å²) < 4.78 is 0. The lowest BCUT2D eigenvalue weighted by molar-refractivity contribution is 0.0634. The second kappa shape index (κ2) is 5.65. The van der Waals surface area contributed by atoms with Crippen molar-refractivity contribution in [2.24, 2.45) is 0 Å². The quantitative estimate of drug-likeness (QED) is 0.858. The second-order valence-corrected chi connectivity index (χ2v) is 4.82. The molecule has 17 heavy (non-hydrogen) atoms. The number of piperidine rings is 1. The van der Waals surface area contributed by atoms with Crippen molar-refractivity contribution in [3.05, 3.63) is 35.9 Å². The minimum absolute atomic E-state index is 0.260. The van der Waals surface area contributed by atoms with Crippen LogP contribution >= 0.6 is 0 Å². The van der Waals surface area contributed by atoms with Gasteiger partial charge in [0.15, 0.2) is 0 Å². The molecule has 1 saturated heterocycles. The third-order valence-corrected chi connectivity index (χ3v) is 4.11. The Kier molecular flexibility index (Phi) is 4.19. The Balaban J connectivity index is 2.35. The molecule has 1 aliphatic rings. The maximum Gasteiger partial charge on any atom is 0.0484 e. The third kappa shape index (κ3) is 2.38. The zero-order valence-corrected chi connectivity index (χ0v) is 11.1. The monoisotopic (exact) mass is 232 g/mol. The van der Waals surface area contributed by atoms with Gasteiger partial charge in [0, 0.05) is 5.54 Å². The van der Waals surface area contributed by atoms with E-state index in [1.165, 1.54) is 18.4 Å². The summed E-state index contributed by atoms with van der Waals surface area (Å²) in [6.07, 6.45) is 2.44. The van der Waals surface area contributed by atoms with E-state index in [4.69, 9.17) is 0 Å². The Morgan fingerprint density at radius 3 is 2.18 bits per heavy atom. The van der Waals surface area contributed by atoms with E-state index in [2.05, 4.69) is 54.4 Å². The third-order valence-electron chi connectivity index (χ3n) is 4.11. The molecule has 0 atom stereocenters. The largest absolute Gasteiger partial charge is 0.317 e. The zero-order valence-electron chi connectivity index (χ0n) is 11.1. The van der Waals surface area contributed by atoms with Crippen LogP contribution in [0.15, 0.2) is 30.3 Å². The van der Waals surface area contributed by atoms with E-state index >= 15 is 0 Å². The van der Waals surface area contributed by atoms with Crippen molar-refractivity contribution in [3.63, 3.8) is 0 Å². The Morgan fingerprint density at radius 2 is 1.65 bits per heavy atom. The molecule has 0 unspecified atom stereocenters. The summed E-state index contributed by atoms with van der Waals surface area (Å²) in [5, 5.41) is 3.49. The fraction of sp³-hybridized carbons (Fsp3) is 0.600. The highest BCUT2D eigenvalue weighted by atomic mass is 15.2.